The minimum atomic E-state index is -1.15. The van der Waals surface area contributed by atoms with E-state index in [-0.39, 0.29) is 11.4 Å². The van der Waals surface area contributed by atoms with Crippen molar-refractivity contribution in [1.29, 1.82) is 0 Å². The summed E-state index contributed by atoms with van der Waals surface area (Å²) in [5.74, 6) is -1.15. The molecule has 0 amide bonds. The van der Waals surface area contributed by atoms with Crippen LogP contribution >= 0.6 is 0 Å². The summed E-state index contributed by atoms with van der Waals surface area (Å²) >= 11 is 0. The lowest BCUT2D eigenvalue weighted by Crippen LogP contribution is -1.99. The molecule has 0 aliphatic heterocycles. The minimum absolute atomic E-state index is 0.0903. The molecule has 2 rings (SSSR count). The lowest BCUT2D eigenvalue weighted by Gasteiger charge is -1.94. The lowest BCUT2D eigenvalue weighted by atomic mass is 10.2. The number of fused-ring (bicyclic) bond motifs is 1. The summed E-state index contributed by atoms with van der Waals surface area (Å²) in [4.78, 5) is 20.9. The van der Waals surface area contributed by atoms with Gasteiger partial charge < -0.3 is 5.11 Å². The summed E-state index contributed by atoms with van der Waals surface area (Å²) < 4.78 is 1.31. The van der Waals surface area contributed by atoms with Gasteiger partial charge >= 0.3 is 5.97 Å². The van der Waals surface area contributed by atoms with Gasteiger partial charge in [0.15, 0.2) is 5.69 Å². The Morgan fingerprint density at radius 3 is 2.81 bits per heavy atom. The average Bonchev–Trinajstić information content (AvgIpc) is 2.56. The first kappa shape index (κ1) is 10.1. The first-order valence-electron chi connectivity index (χ1n) is 4.35. The normalized spacial score (nSPS) is 10.6. The second-order valence-electron chi connectivity index (χ2n) is 3.24. The van der Waals surface area contributed by atoms with E-state index in [2.05, 4.69) is 5.10 Å². The molecule has 0 fully saturated rings. The molecule has 1 aromatic carbocycles. The van der Waals surface area contributed by atoms with E-state index in [0.29, 0.717) is 10.9 Å². The van der Waals surface area contributed by atoms with Gasteiger partial charge in [-0.25, -0.2) is 4.79 Å². The van der Waals surface area contributed by atoms with Crippen molar-refractivity contribution in [2.75, 3.05) is 0 Å². The molecule has 1 aromatic heterocycles. The van der Waals surface area contributed by atoms with Crippen molar-refractivity contribution in [3.63, 3.8) is 0 Å². The number of aromatic carboxylic acids is 1. The van der Waals surface area contributed by atoms with Gasteiger partial charge in [-0.2, -0.15) is 5.10 Å². The van der Waals surface area contributed by atoms with E-state index in [1.54, 1.807) is 7.05 Å². The number of aryl methyl sites for hydroxylation is 1. The van der Waals surface area contributed by atoms with Crippen molar-refractivity contribution >= 4 is 22.6 Å². The van der Waals surface area contributed by atoms with Crippen LogP contribution in [0.25, 0.3) is 10.9 Å². The first-order valence-corrected chi connectivity index (χ1v) is 4.35. The number of hydrogen-bond acceptors (Lipinski definition) is 4. The standard InChI is InChI=1S/C9H7N3O4/c1-11-7-4-5(12(15)16)2-3-6(7)8(10-11)9(13)14/h2-4H,1H3,(H,13,14). The van der Waals surface area contributed by atoms with E-state index in [4.69, 9.17) is 5.11 Å². The highest BCUT2D eigenvalue weighted by atomic mass is 16.6. The number of nitro groups is 1. The van der Waals surface area contributed by atoms with Gasteiger partial charge in [0.05, 0.1) is 10.4 Å². The Labute approximate surface area is 89.1 Å². The minimum Gasteiger partial charge on any atom is -0.476 e. The van der Waals surface area contributed by atoms with Crippen LogP contribution in [0.5, 0.6) is 0 Å². The zero-order chi connectivity index (χ0) is 11.9. The topological polar surface area (TPSA) is 98.3 Å². The molecule has 7 nitrogen and oxygen atoms in total. The van der Waals surface area contributed by atoms with Gasteiger partial charge in [-0.1, -0.05) is 0 Å². The maximum absolute atomic E-state index is 10.8. The zero-order valence-electron chi connectivity index (χ0n) is 8.25. The van der Waals surface area contributed by atoms with Crippen LogP contribution in [0, 0.1) is 10.1 Å². The maximum Gasteiger partial charge on any atom is 0.357 e. The molecular weight excluding hydrogens is 214 g/mol. The van der Waals surface area contributed by atoms with Crippen LogP contribution in [0.15, 0.2) is 18.2 Å². The van der Waals surface area contributed by atoms with Gasteiger partial charge in [-0.3, -0.25) is 14.8 Å². The molecule has 0 aliphatic carbocycles. The van der Waals surface area contributed by atoms with Gasteiger partial charge in [-0.05, 0) is 6.07 Å². The SMILES string of the molecule is Cn1nc(C(=O)O)c2ccc([N+](=O)[O-])cc21. The summed E-state index contributed by atoms with van der Waals surface area (Å²) in [5, 5.41) is 23.6. The predicted molar refractivity (Wildman–Crippen MR) is 54.3 cm³/mol. The molecule has 0 unspecified atom stereocenters. The first-order chi connectivity index (χ1) is 7.50. The van der Waals surface area contributed by atoms with Crippen molar-refractivity contribution in [2.45, 2.75) is 0 Å². The maximum atomic E-state index is 10.8. The molecule has 7 heteroatoms. The molecule has 0 saturated heterocycles. The van der Waals surface area contributed by atoms with Gasteiger partial charge in [0.25, 0.3) is 5.69 Å². The van der Waals surface area contributed by atoms with Crippen LogP contribution in [0.4, 0.5) is 5.69 Å². The molecule has 0 spiro atoms. The number of carbonyl (C=O) groups is 1. The molecule has 1 N–H and O–H groups in total. The Morgan fingerprint density at radius 1 is 1.56 bits per heavy atom. The van der Waals surface area contributed by atoms with E-state index in [9.17, 15) is 14.9 Å². The van der Waals surface area contributed by atoms with Crippen LogP contribution in [0.2, 0.25) is 0 Å². The van der Waals surface area contributed by atoms with Crippen LogP contribution in [0.1, 0.15) is 10.5 Å². The second-order valence-corrected chi connectivity index (χ2v) is 3.24. The number of nitrogens with zero attached hydrogens (tertiary/aromatic N) is 3. The summed E-state index contributed by atoms with van der Waals surface area (Å²) in [7, 11) is 1.54. The fraction of sp³-hybridized carbons (Fsp3) is 0.111. The number of non-ortho nitro benzene ring substituents is 1. The van der Waals surface area contributed by atoms with E-state index >= 15 is 0 Å². The van der Waals surface area contributed by atoms with Crippen molar-refractivity contribution in [1.82, 2.24) is 9.78 Å². The van der Waals surface area contributed by atoms with Crippen LogP contribution in [0.3, 0.4) is 0 Å². The van der Waals surface area contributed by atoms with E-state index < -0.39 is 10.9 Å². The van der Waals surface area contributed by atoms with Crippen LogP contribution < -0.4 is 0 Å². The van der Waals surface area contributed by atoms with E-state index in [0.717, 1.165) is 0 Å². The highest BCUT2D eigenvalue weighted by Gasteiger charge is 2.17. The van der Waals surface area contributed by atoms with Crippen molar-refractivity contribution in [2.24, 2.45) is 7.05 Å². The van der Waals surface area contributed by atoms with Crippen molar-refractivity contribution < 1.29 is 14.8 Å². The van der Waals surface area contributed by atoms with Crippen LogP contribution in [-0.4, -0.2) is 25.8 Å². The van der Waals surface area contributed by atoms with Crippen molar-refractivity contribution in [3.05, 3.63) is 34.0 Å². The number of rotatable bonds is 2. The molecule has 0 bridgehead atoms. The third-order valence-corrected chi connectivity index (χ3v) is 2.25. The van der Waals surface area contributed by atoms with Gasteiger partial charge in [0.1, 0.15) is 0 Å². The number of carboxylic acids is 1. The third kappa shape index (κ3) is 1.38. The summed E-state index contributed by atoms with van der Waals surface area (Å²) in [6.07, 6.45) is 0. The molecule has 0 radical (unpaired) electrons. The highest BCUT2D eigenvalue weighted by molar-refractivity contribution is 6.01. The van der Waals surface area contributed by atoms with Gasteiger partial charge in [-0.15, -0.1) is 0 Å². The number of hydrogen-bond donors (Lipinski definition) is 1. The smallest absolute Gasteiger partial charge is 0.357 e. The monoisotopic (exact) mass is 221 g/mol. The second kappa shape index (κ2) is 3.30. The predicted octanol–water partition coefficient (Wildman–Crippen LogP) is 1.18. The fourth-order valence-corrected chi connectivity index (χ4v) is 1.52. The van der Waals surface area contributed by atoms with E-state index in [1.165, 1.54) is 22.9 Å². The number of nitro benzene ring substituents is 1. The molecule has 0 atom stereocenters. The Hall–Kier alpha value is -2.44. The largest absolute Gasteiger partial charge is 0.476 e. The Kier molecular flexibility index (Phi) is 2.08. The number of aromatic nitrogens is 2. The molecule has 0 aliphatic rings. The quantitative estimate of drug-likeness (QED) is 0.606. The Morgan fingerprint density at radius 2 is 2.25 bits per heavy atom. The summed E-state index contributed by atoms with van der Waals surface area (Å²) in [6.45, 7) is 0. The molecule has 1 heterocycles. The molecule has 0 saturated carbocycles. The molecule has 16 heavy (non-hydrogen) atoms. The third-order valence-electron chi connectivity index (χ3n) is 2.25. The number of carboxylic acid groups (broad SMARTS) is 1. The van der Waals surface area contributed by atoms with Gasteiger partial charge in [0.2, 0.25) is 0 Å². The Balaban J connectivity index is 2.76. The molecule has 2 aromatic rings. The average molecular weight is 221 g/mol. The fourth-order valence-electron chi connectivity index (χ4n) is 1.52. The zero-order valence-corrected chi connectivity index (χ0v) is 8.25. The highest BCUT2D eigenvalue weighted by Crippen LogP contribution is 2.23. The van der Waals surface area contributed by atoms with E-state index in [1.807, 2.05) is 0 Å². The van der Waals surface area contributed by atoms with Crippen LogP contribution in [-0.2, 0) is 7.05 Å². The molecule has 82 valence electrons. The van der Waals surface area contributed by atoms with Crippen molar-refractivity contribution in [3.8, 4) is 0 Å². The molecular formula is C9H7N3O4. The number of benzene rings is 1. The summed E-state index contributed by atoms with van der Waals surface area (Å²) in [5.41, 5.74) is 0.228. The summed E-state index contributed by atoms with van der Waals surface area (Å²) in [6, 6.07) is 3.95. The lowest BCUT2D eigenvalue weighted by molar-refractivity contribution is -0.384. The Bertz CT molecular complexity index is 602. The van der Waals surface area contributed by atoms with Gasteiger partial charge in [0, 0.05) is 24.6 Å².